The molecule has 0 bridgehead atoms. The van der Waals surface area contributed by atoms with Crippen molar-refractivity contribution in [1.29, 1.82) is 0 Å². The molecule has 4 atom stereocenters. The van der Waals surface area contributed by atoms with Crippen molar-refractivity contribution in [2.75, 3.05) is 0 Å². The molecule has 3 aromatic rings. The molecule has 0 unspecified atom stereocenters. The van der Waals surface area contributed by atoms with Crippen molar-refractivity contribution in [2.24, 2.45) is 0 Å². The number of fused-ring (bicyclic) bond motifs is 4. The number of hydrogen-bond donors (Lipinski definition) is 1. The summed E-state index contributed by atoms with van der Waals surface area (Å²) in [7, 11) is 0. The number of aromatic nitrogens is 3. The average molecular weight is 607 g/mol. The molecule has 2 aliphatic carbocycles. The number of alkyl halides is 2. The fourth-order valence-corrected chi connectivity index (χ4v) is 7.52. The van der Waals surface area contributed by atoms with E-state index in [1.54, 1.807) is 55.5 Å². The minimum atomic E-state index is -2.12. The van der Waals surface area contributed by atoms with Crippen LogP contribution in [-0.2, 0) is 16.1 Å². The number of carbonyl (C=O) groups is 2. The Kier molecular flexibility index (Phi) is 5.86. The topological polar surface area (TPSA) is 103 Å². The van der Waals surface area contributed by atoms with Gasteiger partial charge in [-0.25, -0.2) is 23.5 Å². The number of para-hydroxylation sites is 1. The van der Waals surface area contributed by atoms with Crippen LogP contribution in [-0.4, -0.2) is 40.4 Å². The highest BCUT2D eigenvalue weighted by atomic mass is 35.5. The Labute approximate surface area is 241 Å². The Balaban J connectivity index is 1.65. The molecule has 2 heterocycles. The molecule has 8 nitrogen and oxygen atoms in total. The van der Waals surface area contributed by atoms with Gasteiger partial charge in [-0.05, 0) is 41.8 Å². The first-order valence-corrected chi connectivity index (χ1v) is 13.5. The van der Waals surface area contributed by atoms with Crippen LogP contribution >= 0.6 is 46.4 Å². The van der Waals surface area contributed by atoms with Crippen LogP contribution in [0.5, 0.6) is 5.75 Å². The van der Waals surface area contributed by atoms with E-state index < -0.39 is 54.7 Å². The number of halogens is 4. The molecule has 1 N–H and O–H groups in total. The molecule has 200 valence electrons. The summed E-state index contributed by atoms with van der Waals surface area (Å²) < 4.78 is 3.57. The van der Waals surface area contributed by atoms with Gasteiger partial charge in [-0.3, -0.25) is 9.59 Å². The number of benzene rings is 2. The minimum absolute atomic E-state index is 0.00201. The van der Waals surface area contributed by atoms with Gasteiger partial charge in [0, 0.05) is 12.3 Å². The van der Waals surface area contributed by atoms with Crippen LogP contribution in [0, 0.1) is 6.92 Å². The molecule has 1 fully saturated rings. The van der Waals surface area contributed by atoms with Gasteiger partial charge < -0.3 is 5.11 Å². The lowest BCUT2D eigenvalue weighted by molar-refractivity contribution is -0.128. The zero-order chi connectivity index (χ0) is 28.0. The number of nitrogens with zero attached hydrogens (tertiary/aromatic N) is 3. The largest absolute Gasteiger partial charge is 0.508 e. The monoisotopic (exact) mass is 605 g/mol. The molecule has 2 aromatic carbocycles. The van der Waals surface area contributed by atoms with E-state index in [1.165, 1.54) is 15.4 Å². The molecule has 0 spiro atoms. The van der Waals surface area contributed by atoms with Gasteiger partial charge in [-0.1, -0.05) is 59.6 Å². The van der Waals surface area contributed by atoms with E-state index in [2.05, 4.69) is 0 Å². The molecular weight excluding hydrogens is 588 g/mol. The lowest BCUT2D eigenvalue weighted by Crippen LogP contribution is -2.67. The number of allylic oxidation sites excluding steroid dienone is 4. The second-order valence-electron chi connectivity index (χ2n) is 9.86. The number of aromatic hydroxyl groups is 1. The van der Waals surface area contributed by atoms with Gasteiger partial charge in [0.15, 0.2) is 11.6 Å². The quantitative estimate of drug-likeness (QED) is 0.346. The summed E-state index contributed by atoms with van der Waals surface area (Å²) in [5.41, 5.74) is 0.637. The lowest BCUT2D eigenvalue weighted by Gasteiger charge is -2.54. The molecule has 1 aliphatic heterocycles. The third kappa shape index (κ3) is 3.32. The van der Waals surface area contributed by atoms with Crippen molar-refractivity contribution >= 4 is 58.0 Å². The van der Waals surface area contributed by atoms with Crippen LogP contribution < -0.4 is 11.4 Å². The molecule has 0 saturated heterocycles. The SMILES string of the molecule is Cc1cc([C@H]2C3=CCn4c(=O)n(-c5ccccc5)c(=O)n4[C@@H]3C[C@@]3(Cl)C(=O)C(Cl)=C(Cl)C(=O)[C@@]23Cl)ccc1O. The predicted octanol–water partition coefficient (Wildman–Crippen LogP) is 4.28. The summed E-state index contributed by atoms with van der Waals surface area (Å²) in [4.78, 5) is 50.4. The van der Waals surface area contributed by atoms with Gasteiger partial charge >= 0.3 is 11.4 Å². The number of ketones is 2. The predicted molar refractivity (Wildman–Crippen MR) is 148 cm³/mol. The molecule has 0 amide bonds. The Hall–Kier alpha value is -3.04. The number of phenols is 1. The van der Waals surface area contributed by atoms with Crippen LogP contribution in [0.25, 0.3) is 5.69 Å². The summed E-state index contributed by atoms with van der Waals surface area (Å²) in [6, 6.07) is 12.2. The highest BCUT2D eigenvalue weighted by molar-refractivity contribution is 6.66. The normalized spacial score (nSPS) is 28.1. The summed E-state index contributed by atoms with van der Waals surface area (Å²) in [5.74, 6) is -2.71. The van der Waals surface area contributed by atoms with Crippen molar-refractivity contribution in [3.8, 4) is 11.4 Å². The van der Waals surface area contributed by atoms with Crippen LogP contribution in [0.2, 0.25) is 0 Å². The number of Topliss-reactive ketones (excluding diaryl/α,β-unsaturated/α-hetero) is 2. The Morgan fingerprint density at radius 3 is 2.26 bits per heavy atom. The number of hydrogen-bond acceptors (Lipinski definition) is 5. The lowest BCUT2D eigenvalue weighted by atomic mass is 9.59. The maximum Gasteiger partial charge on any atom is 0.352 e. The van der Waals surface area contributed by atoms with Gasteiger partial charge in [0.05, 0.1) is 18.3 Å². The van der Waals surface area contributed by atoms with Crippen molar-refractivity contribution in [2.45, 2.75) is 41.6 Å². The molecule has 6 rings (SSSR count). The van der Waals surface area contributed by atoms with E-state index in [0.717, 1.165) is 4.57 Å². The highest BCUT2D eigenvalue weighted by Gasteiger charge is 2.71. The Bertz CT molecular complexity index is 1790. The van der Waals surface area contributed by atoms with E-state index in [-0.39, 0.29) is 18.7 Å². The molecule has 1 aromatic heterocycles. The zero-order valence-corrected chi connectivity index (χ0v) is 23.2. The second kappa shape index (κ2) is 8.73. The summed E-state index contributed by atoms with van der Waals surface area (Å²) >= 11 is 26.7. The van der Waals surface area contributed by atoms with Crippen LogP contribution in [0.1, 0.15) is 29.5 Å². The average Bonchev–Trinajstić information content (AvgIpc) is 3.18. The highest BCUT2D eigenvalue weighted by Crippen LogP contribution is 2.63. The smallest absolute Gasteiger partial charge is 0.352 e. The van der Waals surface area contributed by atoms with Gasteiger partial charge in [0.2, 0.25) is 0 Å². The van der Waals surface area contributed by atoms with Gasteiger partial charge in [-0.15, -0.1) is 23.2 Å². The fraction of sp³-hybridized carbons (Fsp3) is 0.259. The van der Waals surface area contributed by atoms with Crippen LogP contribution in [0.15, 0.2) is 79.8 Å². The zero-order valence-electron chi connectivity index (χ0n) is 20.2. The van der Waals surface area contributed by atoms with Crippen LogP contribution in [0.4, 0.5) is 0 Å². The maximum absolute atomic E-state index is 13.8. The Morgan fingerprint density at radius 1 is 0.923 bits per heavy atom. The van der Waals surface area contributed by atoms with Gasteiger partial charge in [0.1, 0.15) is 25.6 Å². The van der Waals surface area contributed by atoms with Gasteiger partial charge in [-0.2, -0.15) is 0 Å². The van der Waals surface area contributed by atoms with Crippen molar-refractivity contribution < 1.29 is 14.7 Å². The van der Waals surface area contributed by atoms with E-state index in [1.807, 2.05) is 0 Å². The molecule has 39 heavy (non-hydrogen) atoms. The standard InChI is InChI=1S/C27H19Cl4N3O5/c1-13-11-14(7-8-18(13)35)19-16-9-10-32-24(38)33(15-5-3-2-4-6-15)25(39)34(32)17(16)12-26(30)22(36)20(28)21(29)23(37)27(19,26)31/h2-9,11,17,19,35H,10,12H2,1H3/t17-,19+,26-,27+/m1/s1. The molecule has 12 heteroatoms. The number of rotatable bonds is 2. The van der Waals surface area contributed by atoms with Gasteiger partial charge in [0.25, 0.3) is 0 Å². The molecular formula is C27H19Cl4N3O5. The van der Waals surface area contributed by atoms with Crippen molar-refractivity contribution in [1.82, 2.24) is 13.9 Å². The number of carbonyl (C=O) groups excluding carboxylic acids is 2. The second-order valence-corrected chi connectivity index (χ2v) is 11.9. The fourth-order valence-electron chi connectivity index (χ4n) is 6.00. The van der Waals surface area contributed by atoms with Crippen molar-refractivity contribution in [3.63, 3.8) is 0 Å². The summed E-state index contributed by atoms with van der Waals surface area (Å²) in [6.07, 6.45) is 1.42. The first-order chi connectivity index (χ1) is 18.4. The minimum Gasteiger partial charge on any atom is -0.508 e. The summed E-state index contributed by atoms with van der Waals surface area (Å²) in [6.45, 7) is 1.67. The van der Waals surface area contributed by atoms with E-state index in [9.17, 15) is 24.3 Å². The first-order valence-electron chi connectivity index (χ1n) is 12.0. The third-order valence-corrected chi connectivity index (χ3v) is 10.1. The van der Waals surface area contributed by atoms with Crippen molar-refractivity contribution in [3.05, 3.63) is 102 Å². The molecule has 0 radical (unpaired) electrons. The van der Waals surface area contributed by atoms with E-state index in [4.69, 9.17) is 46.4 Å². The molecule has 3 aliphatic rings. The maximum atomic E-state index is 13.8. The number of phenolic OH excluding ortho intramolecular Hbond substituents is 1. The Morgan fingerprint density at radius 2 is 1.59 bits per heavy atom. The van der Waals surface area contributed by atoms with E-state index in [0.29, 0.717) is 22.4 Å². The van der Waals surface area contributed by atoms with E-state index >= 15 is 0 Å². The summed E-state index contributed by atoms with van der Waals surface area (Å²) in [5, 5.41) is 9.11. The molecule has 1 saturated carbocycles. The first kappa shape index (κ1) is 26.2. The number of aryl methyl sites for hydroxylation is 1. The van der Waals surface area contributed by atoms with Crippen LogP contribution in [0.3, 0.4) is 0 Å². The third-order valence-electron chi connectivity index (χ3n) is 7.87.